The zero-order chi connectivity index (χ0) is 21.1. The van der Waals surface area contributed by atoms with Gasteiger partial charge in [0.25, 0.3) is 11.5 Å². The smallest absolute Gasteiger partial charge is 0.267 e. The highest BCUT2D eigenvalue weighted by Gasteiger charge is 2.21. The Bertz CT molecular complexity index is 1260. The fourth-order valence-corrected chi connectivity index (χ4v) is 4.22. The molecule has 0 saturated heterocycles. The predicted octanol–water partition coefficient (Wildman–Crippen LogP) is 3.86. The van der Waals surface area contributed by atoms with Gasteiger partial charge in [0.1, 0.15) is 4.83 Å². The molecule has 152 valence electrons. The molecule has 0 saturated carbocycles. The van der Waals surface area contributed by atoms with Crippen LogP contribution >= 0.6 is 11.3 Å². The summed E-state index contributed by atoms with van der Waals surface area (Å²) in [7, 11) is 0. The molecular formula is C22H20N4O3S. The molecule has 1 N–H and O–H groups in total. The maximum atomic E-state index is 13.1. The third kappa shape index (κ3) is 3.81. The van der Waals surface area contributed by atoms with Crippen molar-refractivity contribution >= 4 is 33.3 Å². The molecule has 0 atom stereocenters. The Morgan fingerprint density at radius 3 is 2.73 bits per heavy atom. The van der Waals surface area contributed by atoms with Crippen LogP contribution in [0.2, 0.25) is 0 Å². The molecule has 0 unspecified atom stereocenters. The van der Waals surface area contributed by atoms with Gasteiger partial charge < -0.3 is 10.1 Å². The maximum absolute atomic E-state index is 13.1. The molecule has 3 heterocycles. The van der Waals surface area contributed by atoms with Crippen molar-refractivity contribution in [2.75, 3.05) is 11.9 Å². The number of benzene rings is 1. The molecular weight excluding hydrogens is 400 g/mol. The number of aromatic nitrogens is 3. The fourth-order valence-electron chi connectivity index (χ4n) is 3.19. The number of carbonyl (C=O) groups excluding carboxylic acids is 1. The Balaban J connectivity index is 1.67. The summed E-state index contributed by atoms with van der Waals surface area (Å²) >= 11 is 1.19. The number of hydrogen-bond donors (Lipinski definition) is 1. The summed E-state index contributed by atoms with van der Waals surface area (Å²) in [6, 6.07) is 13.2. The minimum atomic E-state index is -0.343. The van der Waals surface area contributed by atoms with Gasteiger partial charge in [-0.05, 0) is 37.1 Å². The minimum Gasteiger partial charge on any atom is -0.490 e. The van der Waals surface area contributed by atoms with Crippen LogP contribution < -0.4 is 15.6 Å². The standard InChI is InChI=1S/C22H20N4O3S/c1-3-29-16-10-7-11-23-19(16)25-20(27)18-14(2)17-21(30-18)24-13-26(22(17)28)12-15-8-5-4-6-9-15/h4-11,13H,3,12H2,1-2H3,(H,23,25,27). The van der Waals surface area contributed by atoms with Gasteiger partial charge in [-0.3, -0.25) is 14.2 Å². The maximum Gasteiger partial charge on any atom is 0.267 e. The molecule has 3 aromatic heterocycles. The molecule has 0 aliphatic rings. The molecule has 0 radical (unpaired) electrons. The number of fused-ring (bicyclic) bond motifs is 1. The molecule has 0 aliphatic heterocycles. The first-order valence-electron chi connectivity index (χ1n) is 9.50. The van der Waals surface area contributed by atoms with Gasteiger partial charge in [0.05, 0.1) is 29.7 Å². The summed E-state index contributed by atoms with van der Waals surface area (Å²) < 4.78 is 7.08. The summed E-state index contributed by atoms with van der Waals surface area (Å²) in [5.41, 5.74) is 1.45. The van der Waals surface area contributed by atoms with Crippen molar-refractivity contribution in [1.29, 1.82) is 0 Å². The van der Waals surface area contributed by atoms with Crippen LogP contribution in [0.5, 0.6) is 5.75 Å². The average molecular weight is 420 g/mol. The number of thiophene rings is 1. The zero-order valence-corrected chi connectivity index (χ0v) is 17.4. The Morgan fingerprint density at radius 1 is 1.17 bits per heavy atom. The Hall–Kier alpha value is -3.52. The summed E-state index contributed by atoms with van der Waals surface area (Å²) in [4.78, 5) is 35.5. The molecule has 7 nitrogen and oxygen atoms in total. The first kappa shape index (κ1) is 19.8. The molecule has 30 heavy (non-hydrogen) atoms. The molecule has 1 amide bonds. The van der Waals surface area contributed by atoms with E-state index in [1.807, 2.05) is 37.3 Å². The largest absolute Gasteiger partial charge is 0.490 e. The van der Waals surface area contributed by atoms with E-state index in [-0.39, 0.29) is 11.5 Å². The SMILES string of the molecule is CCOc1cccnc1NC(=O)c1sc2ncn(Cc3ccccc3)c(=O)c2c1C. The van der Waals surface area contributed by atoms with Gasteiger partial charge in [0.2, 0.25) is 0 Å². The number of pyridine rings is 1. The number of anilines is 1. The normalized spacial score (nSPS) is 10.9. The predicted molar refractivity (Wildman–Crippen MR) is 118 cm³/mol. The van der Waals surface area contributed by atoms with E-state index in [2.05, 4.69) is 15.3 Å². The van der Waals surface area contributed by atoms with Gasteiger partial charge in [-0.1, -0.05) is 30.3 Å². The van der Waals surface area contributed by atoms with E-state index in [1.54, 1.807) is 29.8 Å². The highest BCUT2D eigenvalue weighted by molar-refractivity contribution is 7.20. The molecule has 4 rings (SSSR count). The van der Waals surface area contributed by atoms with E-state index >= 15 is 0 Å². The van der Waals surface area contributed by atoms with Crippen molar-refractivity contribution < 1.29 is 9.53 Å². The Morgan fingerprint density at radius 2 is 1.97 bits per heavy atom. The number of hydrogen-bond acceptors (Lipinski definition) is 6. The number of rotatable bonds is 6. The molecule has 0 aliphatic carbocycles. The summed E-state index contributed by atoms with van der Waals surface area (Å²) in [6.07, 6.45) is 3.11. The highest BCUT2D eigenvalue weighted by atomic mass is 32.1. The van der Waals surface area contributed by atoms with Crippen molar-refractivity contribution in [3.05, 3.63) is 81.3 Å². The van der Waals surface area contributed by atoms with E-state index in [4.69, 9.17) is 4.74 Å². The van der Waals surface area contributed by atoms with Crippen LogP contribution in [0.25, 0.3) is 10.2 Å². The lowest BCUT2D eigenvalue weighted by molar-refractivity contribution is 0.102. The Kier molecular flexibility index (Phi) is 5.58. The lowest BCUT2D eigenvalue weighted by atomic mass is 10.2. The number of ether oxygens (including phenoxy) is 1. The van der Waals surface area contributed by atoms with E-state index in [0.717, 1.165) is 5.56 Å². The third-order valence-electron chi connectivity index (χ3n) is 4.62. The molecule has 1 aromatic carbocycles. The fraction of sp³-hybridized carbons (Fsp3) is 0.182. The van der Waals surface area contributed by atoms with Gasteiger partial charge in [0, 0.05) is 6.20 Å². The Labute approximate surface area is 177 Å². The average Bonchev–Trinajstić information content (AvgIpc) is 3.10. The van der Waals surface area contributed by atoms with Crippen LogP contribution in [0, 0.1) is 6.92 Å². The van der Waals surface area contributed by atoms with Gasteiger partial charge in [0.15, 0.2) is 11.6 Å². The summed E-state index contributed by atoms with van der Waals surface area (Å²) in [5, 5.41) is 3.25. The number of carbonyl (C=O) groups is 1. The highest BCUT2D eigenvalue weighted by Crippen LogP contribution is 2.29. The third-order valence-corrected chi connectivity index (χ3v) is 5.82. The zero-order valence-electron chi connectivity index (χ0n) is 16.6. The topological polar surface area (TPSA) is 86.1 Å². The van der Waals surface area contributed by atoms with Crippen LogP contribution in [0.4, 0.5) is 5.82 Å². The molecule has 4 aromatic rings. The summed E-state index contributed by atoms with van der Waals surface area (Å²) in [5.74, 6) is 0.496. The van der Waals surface area contributed by atoms with Crippen molar-refractivity contribution in [3.63, 3.8) is 0 Å². The lowest BCUT2D eigenvalue weighted by Gasteiger charge is -2.09. The monoisotopic (exact) mass is 420 g/mol. The van der Waals surface area contributed by atoms with E-state index < -0.39 is 0 Å². The second-order valence-electron chi connectivity index (χ2n) is 6.64. The van der Waals surface area contributed by atoms with Crippen LogP contribution in [0.15, 0.2) is 59.8 Å². The first-order valence-corrected chi connectivity index (χ1v) is 10.3. The van der Waals surface area contributed by atoms with Crippen molar-refractivity contribution in [1.82, 2.24) is 14.5 Å². The van der Waals surface area contributed by atoms with Gasteiger partial charge in [-0.25, -0.2) is 9.97 Å². The van der Waals surface area contributed by atoms with Gasteiger partial charge in [-0.15, -0.1) is 11.3 Å². The minimum absolute atomic E-state index is 0.163. The lowest BCUT2D eigenvalue weighted by Crippen LogP contribution is -2.21. The number of nitrogens with one attached hydrogen (secondary N) is 1. The van der Waals surface area contributed by atoms with Crippen molar-refractivity contribution in [2.24, 2.45) is 0 Å². The molecule has 0 spiro atoms. The second-order valence-corrected chi connectivity index (χ2v) is 7.64. The van der Waals surface area contributed by atoms with Gasteiger partial charge >= 0.3 is 0 Å². The summed E-state index contributed by atoms with van der Waals surface area (Å²) in [6.45, 7) is 4.51. The number of nitrogens with zero attached hydrogens (tertiary/aromatic N) is 3. The molecule has 8 heteroatoms. The van der Waals surface area contributed by atoms with Crippen molar-refractivity contribution in [3.8, 4) is 5.75 Å². The van der Waals surface area contributed by atoms with E-state index in [0.29, 0.717) is 45.4 Å². The van der Waals surface area contributed by atoms with Crippen LogP contribution in [0.1, 0.15) is 27.7 Å². The molecule has 0 bridgehead atoms. The quantitative estimate of drug-likeness (QED) is 0.512. The van der Waals surface area contributed by atoms with Crippen LogP contribution in [0.3, 0.4) is 0 Å². The van der Waals surface area contributed by atoms with E-state index in [9.17, 15) is 9.59 Å². The van der Waals surface area contributed by atoms with Crippen molar-refractivity contribution in [2.45, 2.75) is 20.4 Å². The second kappa shape index (κ2) is 8.46. The number of amides is 1. The first-order chi connectivity index (χ1) is 14.6. The molecule has 0 fully saturated rings. The van der Waals surface area contributed by atoms with Crippen LogP contribution in [-0.4, -0.2) is 27.0 Å². The van der Waals surface area contributed by atoms with Crippen LogP contribution in [-0.2, 0) is 6.54 Å². The van der Waals surface area contributed by atoms with Gasteiger partial charge in [-0.2, -0.15) is 0 Å². The van der Waals surface area contributed by atoms with E-state index in [1.165, 1.54) is 17.7 Å². The number of aryl methyl sites for hydroxylation is 1.